The van der Waals surface area contributed by atoms with Crippen LogP contribution in [-0.2, 0) is 4.79 Å². The molecule has 0 aliphatic heterocycles. The molecule has 15 heavy (non-hydrogen) atoms. The van der Waals surface area contributed by atoms with Crippen molar-refractivity contribution in [1.29, 1.82) is 0 Å². The molecule has 1 aromatic carbocycles. The molecule has 0 amide bonds. The Hall–Kier alpha value is -1.31. The van der Waals surface area contributed by atoms with Gasteiger partial charge in [0.25, 0.3) is 0 Å². The zero-order valence-electron chi connectivity index (χ0n) is 9.19. The van der Waals surface area contributed by atoms with Crippen molar-refractivity contribution in [2.45, 2.75) is 26.2 Å². The van der Waals surface area contributed by atoms with Gasteiger partial charge in [0.1, 0.15) is 11.5 Å². The molecule has 0 unspecified atom stereocenters. The van der Waals surface area contributed by atoms with Crippen LogP contribution < -0.4 is 4.74 Å². The molecule has 1 aliphatic carbocycles. The lowest BCUT2D eigenvalue weighted by atomic mass is 10.1. The summed E-state index contributed by atoms with van der Waals surface area (Å²) in [6, 6.07) is 8.10. The van der Waals surface area contributed by atoms with Gasteiger partial charge in [-0.3, -0.25) is 4.79 Å². The second kappa shape index (κ2) is 4.05. The summed E-state index contributed by atoms with van der Waals surface area (Å²) in [7, 11) is 0. The van der Waals surface area contributed by atoms with Crippen molar-refractivity contribution in [3.05, 3.63) is 29.8 Å². The van der Waals surface area contributed by atoms with Gasteiger partial charge in [-0.25, -0.2) is 0 Å². The van der Waals surface area contributed by atoms with Gasteiger partial charge in [0.15, 0.2) is 0 Å². The topological polar surface area (TPSA) is 26.3 Å². The highest BCUT2D eigenvalue weighted by atomic mass is 16.5. The molecule has 0 aromatic heterocycles. The predicted molar refractivity (Wildman–Crippen MR) is 59.1 cm³/mol. The van der Waals surface area contributed by atoms with E-state index in [4.69, 9.17) is 4.74 Å². The minimum atomic E-state index is 0.267. The van der Waals surface area contributed by atoms with Gasteiger partial charge in [-0.15, -0.1) is 0 Å². The van der Waals surface area contributed by atoms with E-state index in [9.17, 15) is 4.79 Å². The van der Waals surface area contributed by atoms with Gasteiger partial charge in [0.2, 0.25) is 0 Å². The smallest absolute Gasteiger partial charge is 0.133 e. The maximum atomic E-state index is 11.1. The Kier molecular flexibility index (Phi) is 2.76. The van der Waals surface area contributed by atoms with E-state index < -0.39 is 0 Å². The first kappa shape index (κ1) is 10.2. The normalized spacial score (nSPS) is 23.6. The zero-order chi connectivity index (χ0) is 10.8. The molecule has 0 spiro atoms. The number of hydrogen-bond acceptors (Lipinski definition) is 2. The van der Waals surface area contributed by atoms with Crippen molar-refractivity contribution < 1.29 is 9.53 Å². The average molecular weight is 204 g/mol. The summed E-state index contributed by atoms with van der Waals surface area (Å²) in [6.07, 6.45) is 1.02. The fraction of sp³-hybridized carbons (Fsp3) is 0.462. The van der Waals surface area contributed by atoms with Crippen molar-refractivity contribution in [1.82, 2.24) is 0 Å². The number of carbonyl (C=O) groups is 1. The second-order valence-electron chi connectivity index (χ2n) is 4.06. The predicted octanol–water partition coefficient (Wildman–Crippen LogP) is 2.78. The number of carbonyl (C=O) groups excluding carboxylic acids is 1. The number of ketones is 1. The monoisotopic (exact) mass is 204 g/mol. The minimum Gasteiger partial charge on any atom is -0.494 e. The summed E-state index contributed by atoms with van der Waals surface area (Å²) in [5.74, 6) is 1.94. The highest BCUT2D eigenvalue weighted by molar-refractivity contribution is 5.82. The number of rotatable bonds is 4. The summed E-state index contributed by atoms with van der Waals surface area (Å²) in [4.78, 5) is 11.1. The van der Waals surface area contributed by atoms with E-state index >= 15 is 0 Å². The molecule has 1 aliphatic rings. The molecule has 2 atom stereocenters. The van der Waals surface area contributed by atoms with E-state index in [0.717, 1.165) is 12.2 Å². The van der Waals surface area contributed by atoms with Gasteiger partial charge >= 0.3 is 0 Å². The van der Waals surface area contributed by atoms with Gasteiger partial charge in [-0.2, -0.15) is 0 Å². The highest BCUT2D eigenvalue weighted by Gasteiger charge is 2.41. The molecule has 0 N–H and O–H groups in total. The number of benzene rings is 1. The number of Topliss-reactive ketones (excluding diaryl/α,β-unsaturated/α-hetero) is 1. The molecule has 0 bridgehead atoms. The zero-order valence-corrected chi connectivity index (χ0v) is 9.19. The van der Waals surface area contributed by atoms with Crippen LogP contribution in [0.3, 0.4) is 0 Å². The fourth-order valence-corrected chi connectivity index (χ4v) is 1.99. The maximum Gasteiger partial charge on any atom is 0.133 e. The lowest BCUT2D eigenvalue weighted by molar-refractivity contribution is -0.118. The van der Waals surface area contributed by atoms with Crippen molar-refractivity contribution >= 4 is 5.78 Å². The van der Waals surface area contributed by atoms with Crippen LogP contribution in [0.1, 0.15) is 31.7 Å². The van der Waals surface area contributed by atoms with Crippen LogP contribution in [-0.4, -0.2) is 12.4 Å². The fourth-order valence-electron chi connectivity index (χ4n) is 1.99. The molecule has 2 nitrogen and oxygen atoms in total. The third-order valence-electron chi connectivity index (χ3n) is 2.93. The van der Waals surface area contributed by atoms with Crippen LogP contribution in [0.5, 0.6) is 5.75 Å². The molecular weight excluding hydrogens is 188 g/mol. The van der Waals surface area contributed by atoms with Crippen LogP contribution in [0.15, 0.2) is 24.3 Å². The number of ether oxygens (including phenoxy) is 1. The molecule has 2 heteroatoms. The Morgan fingerprint density at radius 3 is 2.53 bits per heavy atom. The molecule has 1 aromatic rings. The lowest BCUT2D eigenvalue weighted by Crippen LogP contribution is -1.95. The minimum absolute atomic E-state index is 0.267. The van der Waals surface area contributed by atoms with Crippen LogP contribution in [0.4, 0.5) is 0 Å². The first-order valence-electron chi connectivity index (χ1n) is 5.45. The van der Waals surface area contributed by atoms with E-state index in [1.165, 1.54) is 5.56 Å². The third-order valence-corrected chi connectivity index (χ3v) is 2.93. The Morgan fingerprint density at radius 1 is 1.40 bits per heavy atom. The highest BCUT2D eigenvalue weighted by Crippen LogP contribution is 2.48. The summed E-state index contributed by atoms with van der Waals surface area (Å²) < 4.78 is 5.37. The largest absolute Gasteiger partial charge is 0.494 e. The third kappa shape index (κ3) is 2.20. The van der Waals surface area contributed by atoms with Crippen molar-refractivity contribution in [2.75, 3.05) is 6.61 Å². The molecule has 0 heterocycles. The Bertz CT molecular complexity index is 353. The van der Waals surface area contributed by atoms with E-state index in [0.29, 0.717) is 18.3 Å². The Labute approximate surface area is 90.3 Å². The summed E-state index contributed by atoms with van der Waals surface area (Å²) in [5.41, 5.74) is 1.26. The Morgan fingerprint density at radius 2 is 2.07 bits per heavy atom. The molecule has 1 saturated carbocycles. The second-order valence-corrected chi connectivity index (χ2v) is 4.06. The average Bonchev–Trinajstić information content (AvgIpc) is 2.99. The van der Waals surface area contributed by atoms with Gasteiger partial charge in [0.05, 0.1) is 6.61 Å². The van der Waals surface area contributed by atoms with Gasteiger partial charge < -0.3 is 4.74 Å². The van der Waals surface area contributed by atoms with Gasteiger partial charge in [0, 0.05) is 5.92 Å². The lowest BCUT2D eigenvalue weighted by Gasteiger charge is -2.04. The molecule has 80 valence electrons. The van der Waals surface area contributed by atoms with E-state index in [1.807, 2.05) is 19.1 Å². The Balaban J connectivity index is 2.03. The van der Waals surface area contributed by atoms with Crippen molar-refractivity contribution in [3.63, 3.8) is 0 Å². The van der Waals surface area contributed by atoms with Crippen LogP contribution in [0.25, 0.3) is 0 Å². The molecule has 0 radical (unpaired) electrons. The first-order chi connectivity index (χ1) is 7.22. The summed E-state index contributed by atoms with van der Waals surface area (Å²) >= 11 is 0. The van der Waals surface area contributed by atoms with Crippen LogP contribution in [0.2, 0.25) is 0 Å². The SMILES string of the molecule is CCOc1ccc([C@@H]2C[C@@H]2C(C)=O)cc1. The molecular formula is C13H16O2. The van der Waals surface area contributed by atoms with Crippen molar-refractivity contribution in [3.8, 4) is 5.75 Å². The van der Waals surface area contributed by atoms with Crippen LogP contribution >= 0.6 is 0 Å². The van der Waals surface area contributed by atoms with Crippen molar-refractivity contribution in [2.24, 2.45) is 5.92 Å². The van der Waals surface area contributed by atoms with E-state index in [-0.39, 0.29) is 5.92 Å². The van der Waals surface area contributed by atoms with E-state index in [2.05, 4.69) is 12.1 Å². The van der Waals surface area contributed by atoms with E-state index in [1.54, 1.807) is 6.92 Å². The molecule has 1 fully saturated rings. The first-order valence-corrected chi connectivity index (χ1v) is 5.45. The maximum absolute atomic E-state index is 11.1. The summed E-state index contributed by atoms with van der Waals surface area (Å²) in [5, 5.41) is 0. The van der Waals surface area contributed by atoms with Gasteiger partial charge in [-0.1, -0.05) is 12.1 Å². The van der Waals surface area contributed by atoms with Crippen LogP contribution in [0, 0.1) is 5.92 Å². The quantitative estimate of drug-likeness (QED) is 0.753. The van der Waals surface area contributed by atoms with Gasteiger partial charge in [-0.05, 0) is 43.9 Å². The standard InChI is InChI=1S/C13H16O2/c1-3-15-11-6-4-10(5-7-11)13-8-12(13)9(2)14/h4-7,12-13H,3,8H2,1-2H3/t12-,13+/m1/s1. The molecule has 2 rings (SSSR count). The summed E-state index contributed by atoms with van der Waals surface area (Å²) in [6.45, 7) is 4.35. The number of hydrogen-bond donors (Lipinski definition) is 0. The molecule has 0 saturated heterocycles.